The smallest absolute Gasteiger partial charge is 0.271 e. The summed E-state index contributed by atoms with van der Waals surface area (Å²) in [4.78, 5) is 4.19. The minimum Gasteiger partial charge on any atom is -0.271 e. The summed E-state index contributed by atoms with van der Waals surface area (Å²) in [5.74, 6) is 6.28. The van der Waals surface area contributed by atoms with Gasteiger partial charge in [-0.3, -0.25) is 4.72 Å². The summed E-state index contributed by atoms with van der Waals surface area (Å²) >= 11 is 6.15. The average molecular weight is 360 g/mol. The SMILES string of the molecule is O=S1(=O)Nc2ccc(Cl)cc2C(C#Cc2ccccn2)(C2CC2)N1. The summed E-state index contributed by atoms with van der Waals surface area (Å²) < 4.78 is 29.9. The van der Waals surface area contributed by atoms with E-state index >= 15 is 0 Å². The van der Waals surface area contributed by atoms with E-state index in [1.165, 1.54) is 0 Å². The molecule has 0 bridgehead atoms. The summed E-state index contributed by atoms with van der Waals surface area (Å²) in [6.45, 7) is 0. The van der Waals surface area contributed by atoms with Crippen molar-refractivity contribution in [3.63, 3.8) is 0 Å². The van der Waals surface area contributed by atoms with Crippen molar-refractivity contribution in [3.05, 3.63) is 58.9 Å². The van der Waals surface area contributed by atoms with Crippen LogP contribution >= 0.6 is 11.6 Å². The predicted molar refractivity (Wildman–Crippen MR) is 92.6 cm³/mol. The lowest BCUT2D eigenvalue weighted by Crippen LogP contribution is -2.52. The molecule has 1 aromatic carbocycles. The van der Waals surface area contributed by atoms with Crippen LogP contribution in [0.5, 0.6) is 0 Å². The van der Waals surface area contributed by atoms with Gasteiger partial charge in [-0.15, -0.1) is 0 Å². The Morgan fingerprint density at radius 2 is 2.08 bits per heavy atom. The van der Waals surface area contributed by atoms with Crippen LogP contribution in [0.15, 0.2) is 42.6 Å². The fourth-order valence-corrected chi connectivity index (χ4v) is 4.42. The van der Waals surface area contributed by atoms with Crippen LogP contribution in [-0.4, -0.2) is 13.4 Å². The number of anilines is 1. The van der Waals surface area contributed by atoms with Gasteiger partial charge in [-0.1, -0.05) is 23.6 Å². The number of aromatic nitrogens is 1. The number of halogens is 1. The molecule has 1 aromatic heterocycles. The lowest BCUT2D eigenvalue weighted by atomic mass is 9.85. The van der Waals surface area contributed by atoms with Gasteiger partial charge >= 0.3 is 10.2 Å². The standard InChI is InChI=1S/C17H14ClN3O2S/c18-13-6-7-16-15(11-13)17(12-4-5-12,21-24(22,23)20-16)9-8-14-3-1-2-10-19-14/h1-3,6-7,10-12,20-21H,4-5H2. The largest absolute Gasteiger partial charge is 0.300 e. The molecule has 4 rings (SSSR count). The Hall–Kier alpha value is -2.07. The minimum absolute atomic E-state index is 0.114. The van der Waals surface area contributed by atoms with Gasteiger partial charge < -0.3 is 0 Å². The fourth-order valence-electron chi connectivity index (χ4n) is 2.98. The van der Waals surface area contributed by atoms with Crippen molar-refractivity contribution in [1.29, 1.82) is 0 Å². The van der Waals surface area contributed by atoms with E-state index in [1.807, 2.05) is 12.1 Å². The molecule has 1 unspecified atom stereocenters. The molecule has 7 heteroatoms. The number of hydrogen-bond donors (Lipinski definition) is 2. The van der Waals surface area contributed by atoms with E-state index in [4.69, 9.17) is 11.6 Å². The number of hydrogen-bond acceptors (Lipinski definition) is 3. The highest BCUT2D eigenvalue weighted by Crippen LogP contribution is 2.50. The number of rotatable bonds is 1. The van der Waals surface area contributed by atoms with Gasteiger partial charge in [0.25, 0.3) is 0 Å². The van der Waals surface area contributed by atoms with Crippen LogP contribution in [-0.2, 0) is 15.7 Å². The van der Waals surface area contributed by atoms with Crippen LogP contribution < -0.4 is 9.44 Å². The van der Waals surface area contributed by atoms with Crippen molar-refractivity contribution in [1.82, 2.24) is 9.71 Å². The summed E-state index contributed by atoms with van der Waals surface area (Å²) in [7, 11) is -3.69. The van der Waals surface area contributed by atoms with Gasteiger partial charge in [-0.05, 0) is 55.0 Å². The molecular formula is C17H14ClN3O2S. The molecule has 1 fully saturated rings. The van der Waals surface area contributed by atoms with Gasteiger partial charge in [0.05, 0.1) is 5.69 Å². The Balaban J connectivity index is 1.91. The van der Waals surface area contributed by atoms with Crippen LogP contribution in [0.4, 0.5) is 5.69 Å². The molecule has 1 atom stereocenters. The third-order valence-corrected chi connectivity index (χ3v) is 5.50. The first-order valence-corrected chi connectivity index (χ1v) is 9.41. The van der Waals surface area contributed by atoms with Crippen LogP contribution in [0, 0.1) is 17.8 Å². The number of pyridine rings is 1. The Bertz CT molecular complexity index is 962. The van der Waals surface area contributed by atoms with Crippen molar-refractivity contribution in [3.8, 4) is 11.8 Å². The summed E-state index contributed by atoms with van der Waals surface area (Å²) in [5.41, 5.74) is 0.886. The quantitative estimate of drug-likeness (QED) is 0.769. The number of benzene rings is 1. The maximum atomic E-state index is 12.3. The first kappa shape index (κ1) is 15.5. The molecule has 0 spiro atoms. The average Bonchev–Trinajstić information content (AvgIpc) is 3.39. The molecule has 24 heavy (non-hydrogen) atoms. The molecular weight excluding hydrogens is 346 g/mol. The van der Waals surface area contributed by atoms with E-state index in [1.54, 1.807) is 30.5 Å². The molecule has 1 saturated carbocycles. The highest BCUT2D eigenvalue weighted by Gasteiger charge is 2.51. The van der Waals surface area contributed by atoms with Gasteiger partial charge in [0.1, 0.15) is 11.2 Å². The normalized spacial score (nSPS) is 24.2. The van der Waals surface area contributed by atoms with E-state index in [9.17, 15) is 8.42 Å². The molecule has 0 amide bonds. The predicted octanol–water partition coefficient (Wildman–Crippen LogP) is 2.65. The molecule has 122 valence electrons. The Kier molecular flexibility index (Phi) is 3.53. The molecule has 1 aliphatic carbocycles. The highest BCUT2D eigenvalue weighted by atomic mass is 35.5. The molecule has 5 nitrogen and oxygen atoms in total. The molecule has 0 radical (unpaired) electrons. The topological polar surface area (TPSA) is 71.1 Å². The molecule has 0 saturated heterocycles. The first-order valence-electron chi connectivity index (χ1n) is 7.54. The van der Waals surface area contributed by atoms with Crippen molar-refractivity contribution in [2.24, 2.45) is 5.92 Å². The van der Waals surface area contributed by atoms with Gasteiger partial charge in [-0.25, -0.2) is 4.98 Å². The zero-order valence-electron chi connectivity index (χ0n) is 12.6. The Morgan fingerprint density at radius 1 is 1.25 bits per heavy atom. The number of fused-ring (bicyclic) bond motifs is 1. The van der Waals surface area contributed by atoms with Crippen molar-refractivity contribution < 1.29 is 8.42 Å². The third kappa shape index (κ3) is 2.75. The Morgan fingerprint density at radius 3 is 2.79 bits per heavy atom. The lowest BCUT2D eigenvalue weighted by Gasteiger charge is -2.36. The summed E-state index contributed by atoms with van der Waals surface area (Å²) in [6.07, 6.45) is 3.47. The maximum absolute atomic E-state index is 12.3. The van der Waals surface area contributed by atoms with E-state index in [-0.39, 0.29) is 5.92 Å². The first-order chi connectivity index (χ1) is 11.5. The van der Waals surface area contributed by atoms with Gasteiger partial charge in [-0.2, -0.15) is 13.1 Å². The number of nitrogens with zero attached hydrogens (tertiary/aromatic N) is 1. The van der Waals surface area contributed by atoms with E-state index in [0.29, 0.717) is 16.4 Å². The third-order valence-electron chi connectivity index (χ3n) is 4.19. The highest BCUT2D eigenvalue weighted by molar-refractivity contribution is 7.90. The van der Waals surface area contributed by atoms with E-state index in [0.717, 1.165) is 18.4 Å². The second-order valence-corrected chi connectivity index (χ2v) is 7.80. The van der Waals surface area contributed by atoms with Crippen LogP contribution in [0.2, 0.25) is 5.02 Å². The summed E-state index contributed by atoms with van der Waals surface area (Å²) in [5, 5.41) is 0.543. The molecule has 2 heterocycles. The monoisotopic (exact) mass is 359 g/mol. The number of nitrogens with one attached hydrogen (secondary N) is 2. The summed E-state index contributed by atoms with van der Waals surface area (Å²) in [6, 6.07) is 10.6. The minimum atomic E-state index is -3.69. The zero-order valence-corrected chi connectivity index (χ0v) is 14.2. The van der Waals surface area contributed by atoms with Gasteiger partial charge in [0.15, 0.2) is 0 Å². The second-order valence-electron chi connectivity index (χ2n) is 5.94. The molecule has 2 aliphatic rings. The zero-order chi connectivity index (χ0) is 16.8. The second kappa shape index (κ2) is 5.49. The van der Waals surface area contributed by atoms with Crippen molar-refractivity contribution in [2.75, 3.05) is 4.72 Å². The van der Waals surface area contributed by atoms with Crippen molar-refractivity contribution in [2.45, 2.75) is 18.4 Å². The van der Waals surface area contributed by atoms with Crippen LogP contribution in [0.3, 0.4) is 0 Å². The van der Waals surface area contributed by atoms with Crippen molar-refractivity contribution >= 4 is 27.5 Å². The fraction of sp³-hybridized carbons (Fsp3) is 0.235. The van der Waals surface area contributed by atoms with Crippen LogP contribution in [0.25, 0.3) is 0 Å². The molecule has 2 aromatic rings. The Labute approximate surface area is 145 Å². The van der Waals surface area contributed by atoms with Gasteiger partial charge in [0.2, 0.25) is 0 Å². The molecule has 1 aliphatic heterocycles. The van der Waals surface area contributed by atoms with Crippen LogP contribution in [0.1, 0.15) is 24.1 Å². The van der Waals surface area contributed by atoms with E-state index in [2.05, 4.69) is 26.3 Å². The lowest BCUT2D eigenvalue weighted by molar-refractivity contribution is 0.441. The van der Waals surface area contributed by atoms with Gasteiger partial charge in [0, 0.05) is 16.8 Å². The molecule has 2 N–H and O–H groups in total. The maximum Gasteiger partial charge on any atom is 0.300 e. The van der Waals surface area contributed by atoms with E-state index < -0.39 is 15.7 Å².